The Morgan fingerprint density at radius 3 is 1.00 bits per heavy atom. The van der Waals surface area contributed by atoms with Crippen LogP contribution in [0.2, 0.25) is 0 Å². The molecule has 0 aromatic heterocycles. The van der Waals surface area contributed by atoms with Gasteiger partial charge in [-0.05, 0) is 32.0 Å². The van der Waals surface area contributed by atoms with Gasteiger partial charge in [0.25, 0.3) is 0 Å². The Balaban J connectivity index is 2.32. The van der Waals surface area contributed by atoms with Crippen molar-refractivity contribution in [2.75, 3.05) is 0 Å². The number of hydrogen-bond donors (Lipinski definition) is 0. The van der Waals surface area contributed by atoms with Crippen LogP contribution in [-0.2, 0) is 0 Å². The topological polar surface area (TPSA) is 0 Å². The Hall–Kier alpha value is 1.22. The van der Waals surface area contributed by atoms with Crippen LogP contribution < -0.4 is 0 Å². The monoisotopic (exact) mass is 137 g/mol. The van der Waals surface area contributed by atoms with Gasteiger partial charge >= 0.3 is 0 Å². The van der Waals surface area contributed by atoms with Crippen LogP contribution in [0.15, 0.2) is 0 Å². The largest absolute Gasteiger partial charge is 0.0669 e. The molecular formula is Cl3S. The van der Waals surface area contributed by atoms with E-state index < -0.39 is 8.54 Å². The summed E-state index contributed by atoms with van der Waals surface area (Å²) in [5.41, 5.74) is 0. The number of rotatable bonds is 0. The molecule has 0 aliphatic heterocycles. The van der Waals surface area contributed by atoms with E-state index in [1.165, 1.54) is 0 Å². The lowest BCUT2D eigenvalue weighted by molar-refractivity contribution is 4.79. The van der Waals surface area contributed by atoms with Crippen LogP contribution in [0.1, 0.15) is 0 Å². The molecule has 0 aliphatic carbocycles. The Bertz CT molecular complexity index is 8.00. The molecule has 0 aromatic carbocycles. The van der Waals surface area contributed by atoms with Gasteiger partial charge in [-0.15, -0.1) is 0 Å². The van der Waals surface area contributed by atoms with Crippen LogP contribution in [-0.4, -0.2) is 0 Å². The maximum Gasteiger partial charge on any atom is 0.0669 e. The molecule has 4 heavy (non-hydrogen) atoms. The van der Waals surface area contributed by atoms with Crippen molar-refractivity contribution in [1.82, 2.24) is 0 Å². The lowest BCUT2D eigenvalue weighted by Gasteiger charge is -1.71. The molecule has 0 spiro atoms. The summed E-state index contributed by atoms with van der Waals surface area (Å²) in [4.78, 5) is 0. The Kier molecular flexibility index (Phi) is 3.21. The summed E-state index contributed by atoms with van der Waals surface area (Å²) in [6.45, 7) is 0. The van der Waals surface area contributed by atoms with E-state index in [-0.39, 0.29) is 0 Å². The van der Waals surface area contributed by atoms with Crippen molar-refractivity contribution >= 4 is 40.6 Å². The highest BCUT2D eigenvalue weighted by atomic mass is 36.2. The molecule has 0 N–H and O–H groups in total. The zero-order valence-electron chi connectivity index (χ0n) is 1.54. The van der Waals surface area contributed by atoms with Gasteiger partial charge in [-0.1, -0.05) is 0 Å². The molecule has 0 unspecified atom stereocenters. The van der Waals surface area contributed by atoms with Gasteiger partial charge in [0.05, 0.1) is 8.54 Å². The Morgan fingerprint density at radius 1 is 1.00 bits per heavy atom. The highest BCUT2D eigenvalue weighted by Gasteiger charge is 1.76. The number of hydrogen-bond acceptors (Lipinski definition) is 0. The van der Waals surface area contributed by atoms with Crippen molar-refractivity contribution in [2.45, 2.75) is 0 Å². The molecule has 27 valence electrons. The van der Waals surface area contributed by atoms with Crippen LogP contribution in [0.4, 0.5) is 0 Å². The third kappa shape index (κ3) is 10.7. The van der Waals surface area contributed by atoms with Gasteiger partial charge in [0.1, 0.15) is 0 Å². The van der Waals surface area contributed by atoms with Crippen LogP contribution in [0, 0.1) is 0 Å². The van der Waals surface area contributed by atoms with Gasteiger partial charge in [0, 0.05) is 0 Å². The van der Waals surface area contributed by atoms with E-state index in [1.54, 1.807) is 0 Å². The first-order chi connectivity index (χ1) is 1.73. The van der Waals surface area contributed by atoms with Gasteiger partial charge in [-0.2, -0.15) is 0 Å². The molecule has 0 saturated carbocycles. The van der Waals surface area contributed by atoms with Crippen LogP contribution >= 0.6 is 40.6 Å². The maximum atomic E-state index is 4.83. The van der Waals surface area contributed by atoms with E-state index in [2.05, 4.69) is 0 Å². The zero-order chi connectivity index (χ0) is 3.58. The van der Waals surface area contributed by atoms with Crippen LogP contribution in [0.25, 0.3) is 0 Å². The highest BCUT2D eigenvalue weighted by Crippen LogP contribution is 2.40. The molecule has 0 rings (SSSR count). The maximum absolute atomic E-state index is 4.83. The van der Waals surface area contributed by atoms with Crippen molar-refractivity contribution in [2.24, 2.45) is 0 Å². The van der Waals surface area contributed by atoms with Gasteiger partial charge in [-0.3, -0.25) is 0 Å². The summed E-state index contributed by atoms with van der Waals surface area (Å²) in [6.07, 6.45) is 0. The Morgan fingerprint density at radius 2 is 1.00 bits per heavy atom. The molecule has 0 saturated heterocycles. The summed E-state index contributed by atoms with van der Waals surface area (Å²) in [5, 5.41) is 0. The summed E-state index contributed by atoms with van der Waals surface area (Å²) in [5.74, 6) is 0. The average Bonchev–Trinajstić information content (AvgIpc) is 0.811. The summed E-state index contributed by atoms with van der Waals surface area (Å²) < 4.78 is 0. The van der Waals surface area contributed by atoms with E-state index in [0.29, 0.717) is 0 Å². The van der Waals surface area contributed by atoms with E-state index in [1.807, 2.05) is 0 Å². The molecule has 0 aliphatic rings. The predicted octanol–water partition coefficient (Wildman–Crippen LogP) is 2.72. The van der Waals surface area contributed by atoms with Gasteiger partial charge in [0.2, 0.25) is 0 Å². The van der Waals surface area contributed by atoms with Crippen molar-refractivity contribution in [1.29, 1.82) is 0 Å². The van der Waals surface area contributed by atoms with Crippen molar-refractivity contribution in [3.63, 3.8) is 0 Å². The molecule has 4 heteroatoms. The normalized spacial score (nSPS) is 9.00. The van der Waals surface area contributed by atoms with E-state index in [4.69, 9.17) is 32.0 Å². The van der Waals surface area contributed by atoms with Gasteiger partial charge in [-0.25, -0.2) is 0 Å². The molecule has 0 aromatic rings. The van der Waals surface area contributed by atoms with Crippen LogP contribution in [0.3, 0.4) is 0 Å². The standard InChI is InChI=1S/Cl3S/c1-4(2)3. The second-order valence-electron chi connectivity index (χ2n) is 0.175. The van der Waals surface area contributed by atoms with Crippen LogP contribution in [0.5, 0.6) is 0 Å². The minimum absolute atomic E-state index is 0.944. The fraction of sp³-hybridized carbons (Fsp3) is 0. The smallest absolute Gasteiger partial charge is 0.0223 e. The highest BCUT2D eigenvalue weighted by molar-refractivity contribution is 8.66. The molecular weight excluding hydrogens is 138 g/mol. The zero-order valence-corrected chi connectivity index (χ0v) is 4.63. The Labute approximate surface area is 40.9 Å². The molecule has 0 nitrogen and oxygen atoms in total. The summed E-state index contributed by atoms with van der Waals surface area (Å²) in [7, 11) is 13.6. The fourth-order valence-electron chi connectivity index (χ4n) is 0. The minimum atomic E-state index is -0.944. The van der Waals surface area contributed by atoms with E-state index >= 15 is 0 Å². The second-order valence-corrected chi connectivity index (χ2v) is 4.72. The predicted molar refractivity (Wildman–Crippen MR) is 25.1 cm³/mol. The van der Waals surface area contributed by atoms with Crippen molar-refractivity contribution < 1.29 is 0 Å². The first-order valence-electron chi connectivity index (χ1n) is 0.463. The van der Waals surface area contributed by atoms with E-state index in [0.717, 1.165) is 0 Å². The minimum Gasteiger partial charge on any atom is -0.0223 e. The molecule has 0 amide bonds. The third-order valence-electron chi connectivity index (χ3n) is 0. The van der Waals surface area contributed by atoms with Gasteiger partial charge < -0.3 is 0 Å². The molecule has 0 fully saturated rings. The summed E-state index contributed by atoms with van der Waals surface area (Å²) >= 11 is 0. The van der Waals surface area contributed by atoms with Crippen molar-refractivity contribution in [3.05, 3.63) is 0 Å². The summed E-state index contributed by atoms with van der Waals surface area (Å²) in [6, 6.07) is 0. The quantitative estimate of drug-likeness (QED) is 0.483. The molecule has 0 atom stereocenters. The van der Waals surface area contributed by atoms with Gasteiger partial charge in [0.15, 0.2) is 0 Å². The lowest BCUT2D eigenvalue weighted by Crippen LogP contribution is -1.06. The average molecular weight is 138 g/mol. The fourth-order valence-corrected chi connectivity index (χ4v) is 0. The van der Waals surface area contributed by atoms with E-state index in [9.17, 15) is 0 Å². The number of halogens is 3. The lowest BCUT2D eigenvalue weighted by atomic mass is 31.3. The first-order valence-corrected chi connectivity index (χ1v) is 4.17. The SMILES string of the molecule is Cl[S](Cl)Cl. The second kappa shape index (κ2) is 2.46. The molecule has 0 bridgehead atoms. The molecule has 0 heterocycles. The molecule has 1 radical (unpaired) electrons. The van der Waals surface area contributed by atoms with Crippen molar-refractivity contribution in [3.8, 4) is 0 Å². The first kappa shape index (κ1) is 5.22. The third-order valence-corrected chi connectivity index (χ3v) is 0.